The molecule has 0 radical (unpaired) electrons. The highest BCUT2D eigenvalue weighted by molar-refractivity contribution is 14.1. The maximum atomic E-state index is 15.1. The summed E-state index contributed by atoms with van der Waals surface area (Å²) in [5, 5.41) is 10.3. The molecule has 0 unspecified atom stereocenters. The molecule has 18 heteroatoms. The number of thiophene rings is 4. The second-order valence-electron chi connectivity index (χ2n) is 29.9. The van der Waals surface area contributed by atoms with Crippen LogP contribution in [0.15, 0.2) is 382 Å². The van der Waals surface area contributed by atoms with Crippen molar-refractivity contribution in [1.82, 2.24) is 0 Å². The molecule has 0 saturated carbocycles. The molecule has 0 atom stereocenters. The second kappa shape index (κ2) is 40.6. The van der Waals surface area contributed by atoms with E-state index in [1.165, 1.54) is 120 Å². The number of ether oxygens (including phenoxy) is 8. The molecular weight excluding hydrogens is 2120 g/mol. The van der Waals surface area contributed by atoms with Gasteiger partial charge in [0.2, 0.25) is 5.75 Å². The molecule has 0 amide bonds. The number of fused-ring (bicyclic) bond motifs is 12. The van der Waals surface area contributed by atoms with E-state index in [1.54, 1.807) is 32.4 Å². The van der Waals surface area contributed by atoms with Crippen molar-refractivity contribution in [2.45, 2.75) is 33.0 Å². The summed E-state index contributed by atoms with van der Waals surface area (Å²) in [5.74, 6) is 4.25. The number of hydrogen-bond acceptors (Lipinski definition) is 8. The van der Waals surface area contributed by atoms with Gasteiger partial charge in [-0.1, -0.05) is 158 Å². The lowest BCUT2D eigenvalue weighted by Gasteiger charge is -2.16. The maximum Gasteiger partial charge on any atom is 0.203 e. The predicted octanol–water partition coefficient (Wildman–Crippen LogP) is 33.5. The Labute approximate surface area is 806 Å². The first-order valence-corrected chi connectivity index (χ1v) is 50.5. The molecule has 0 aliphatic carbocycles. The smallest absolute Gasteiger partial charge is 0.203 e. The topological polar surface area (TPSA) is 73.8 Å². The standard InChI is InChI=1S/C33H25I2O3S.C26H19FIO2S.C26H20IO2S.C25H18FOS/c1-36-33-29(37-20-22-10-14-24(34)15-11-22)18-26(19-30(33)38-21-23-12-16-25(35)17-13-23)39-31-8-4-2-6-27(31)28-7-3-5-9-32(28)39;1-29-26-22(27)14-19(15-23(26)30-16-17-10-12-18(28)13-11-17)31-24-8-4-2-6-20(24)21-7-3-5-9-25(21)31;1-28-23-15-14-20(16-24(23)29-17-18-10-12-19(27)13-11-18)30-25-8-4-2-6-21(25)22-7-3-5-9-26(22)30;26-19-11-9-18(10-12-19)17-27-20-13-15-21(16-14-20)28-24-7-3-1-5-22(24)23-6-2-4-8-25(23)28/h2-19H,20-21H2,1H3;2-15H,16H2,1H3;2-16H,17H2,1H3;1-16H,17H2/q4*+1. The van der Waals surface area contributed by atoms with Crippen LogP contribution in [-0.4, -0.2) is 21.3 Å². The molecule has 0 aliphatic rings. The first-order chi connectivity index (χ1) is 62.8. The van der Waals surface area contributed by atoms with E-state index in [1.807, 2.05) is 72.8 Å². The van der Waals surface area contributed by atoms with Crippen LogP contribution in [0.1, 0.15) is 27.8 Å². The molecule has 21 aromatic rings. The Kier molecular flexibility index (Phi) is 27.8. The average molecular weight is 2210 g/mol. The van der Waals surface area contributed by atoms with Gasteiger partial charge in [0.15, 0.2) is 97.5 Å². The molecule has 0 bridgehead atoms. The van der Waals surface area contributed by atoms with E-state index in [4.69, 9.17) is 37.9 Å². The predicted molar refractivity (Wildman–Crippen MR) is 565 cm³/mol. The molecule has 0 N–H and O–H groups in total. The molecule has 21 rings (SSSR count). The molecule has 8 nitrogen and oxygen atoms in total. The third kappa shape index (κ3) is 19.4. The quantitative estimate of drug-likeness (QED) is 0.0491. The van der Waals surface area contributed by atoms with Crippen LogP contribution in [0.4, 0.5) is 8.78 Å². The van der Waals surface area contributed by atoms with Gasteiger partial charge in [0.1, 0.15) is 44.6 Å². The SMILES string of the molecule is COc1c(F)cc(-[s+]2c3ccccc3c3ccccc32)cc1OCc1ccc(I)cc1.COc1c(OCc2ccc(I)cc2)cc(-[s+]2c3ccccc3c3ccccc32)cc1OCc1ccc(I)cc1.COc1ccc(-[s+]2c3ccccc3c3ccccc32)cc1OCc1ccc(I)cc1.Fc1ccc(COc2ccc(-[s+]3c4ccccc4c4ccccc43)cc2)cc1. The van der Waals surface area contributed by atoms with Gasteiger partial charge in [0, 0.05) is 148 Å². The van der Waals surface area contributed by atoms with Crippen molar-refractivity contribution in [3.63, 3.8) is 0 Å². The van der Waals surface area contributed by atoms with Gasteiger partial charge in [-0.05, 0) is 294 Å². The van der Waals surface area contributed by atoms with Crippen molar-refractivity contribution in [3.05, 3.63) is 436 Å². The molecule has 4 heterocycles. The van der Waals surface area contributed by atoms with Gasteiger partial charge in [-0.3, -0.25) is 0 Å². The van der Waals surface area contributed by atoms with Crippen molar-refractivity contribution in [2.75, 3.05) is 21.3 Å². The third-order valence-electron chi connectivity index (χ3n) is 21.9. The van der Waals surface area contributed by atoms with E-state index in [2.05, 4.69) is 369 Å². The largest absolute Gasteiger partial charge is 0.493 e. The molecule has 0 aliphatic heterocycles. The maximum absolute atomic E-state index is 15.1. The van der Waals surface area contributed by atoms with E-state index >= 15 is 4.39 Å². The minimum Gasteiger partial charge on any atom is -0.493 e. The highest BCUT2D eigenvalue weighted by Gasteiger charge is 2.31. The Morgan fingerprint density at radius 2 is 0.469 bits per heavy atom. The highest BCUT2D eigenvalue weighted by atomic mass is 127. The fraction of sp³-hybridized carbons (Fsp3) is 0.0727. The molecular formula is C110H82F2I4O8S4+4. The van der Waals surface area contributed by atoms with Gasteiger partial charge in [-0.15, -0.1) is 0 Å². The van der Waals surface area contributed by atoms with Gasteiger partial charge >= 0.3 is 0 Å². The van der Waals surface area contributed by atoms with E-state index in [0.717, 1.165) is 58.4 Å². The Bertz CT molecular complexity index is 7250. The van der Waals surface area contributed by atoms with Gasteiger partial charge in [-0.25, -0.2) is 8.78 Å². The van der Waals surface area contributed by atoms with Gasteiger partial charge < -0.3 is 37.9 Å². The van der Waals surface area contributed by atoms with Crippen molar-refractivity contribution in [2.24, 2.45) is 0 Å². The molecule has 17 aromatic carbocycles. The summed E-state index contributed by atoms with van der Waals surface area (Å²) in [6.07, 6.45) is 0. The molecule has 0 saturated heterocycles. The minimum atomic E-state index is -0.410. The van der Waals surface area contributed by atoms with Crippen molar-refractivity contribution in [1.29, 1.82) is 0 Å². The van der Waals surface area contributed by atoms with Crippen LogP contribution in [-0.2, 0) is 33.0 Å². The van der Waals surface area contributed by atoms with Gasteiger partial charge in [0.25, 0.3) is 0 Å². The van der Waals surface area contributed by atoms with Crippen molar-refractivity contribution in [3.8, 4) is 65.6 Å². The van der Waals surface area contributed by atoms with E-state index in [-0.39, 0.29) is 43.0 Å². The van der Waals surface area contributed by atoms with E-state index in [9.17, 15) is 4.39 Å². The molecule has 128 heavy (non-hydrogen) atoms. The van der Waals surface area contributed by atoms with Gasteiger partial charge in [-0.2, -0.15) is 0 Å². The lowest BCUT2D eigenvalue weighted by Crippen LogP contribution is -2.02. The van der Waals surface area contributed by atoms with E-state index in [0.29, 0.717) is 56.0 Å². The molecule has 0 fully saturated rings. The number of rotatable bonds is 22. The van der Waals surface area contributed by atoms with Crippen LogP contribution < -0.4 is 37.9 Å². The van der Waals surface area contributed by atoms with Crippen molar-refractivity contribution < 1.29 is 46.7 Å². The first kappa shape index (κ1) is 87.5. The third-order valence-corrected chi connectivity index (χ3v) is 34.0. The highest BCUT2D eigenvalue weighted by Crippen LogP contribution is 2.56. The fourth-order valence-corrected chi connectivity index (χ4v) is 26.8. The number of benzene rings is 17. The Morgan fingerprint density at radius 3 is 0.781 bits per heavy atom. The zero-order valence-corrected chi connectivity index (χ0v) is 81.5. The summed E-state index contributed by atoms with van der Waals surface area (Å²) in [6, 6.07) is 131. The summed E-state index contributed by atoms with van der Waals surface area (Å²) >= 11 is 9.22. The number of hydrogen-bond donors (Lipinski definition) is 0. The van der Waals surface area contributed by atoms with Gasteiger partial charge in [0.05, 0.1) is 21.3 Å². The zero-order chi connectivity index (χ0) is 87.6. The lowest BCUT2D eigenvalue weighted by molar-refractivity contribution is 0.258. The van der Waals surface area contributed by atoms with Crippen molar-refractivity contribution >= 4 is 213 Å². The van der Waals surface area contributed by atoms with E-state index < -0.39 is 16.3 Å². The van der Waals surface area contributed by atoms with Crippen LogP contribution in [0.2, 0.25) is 0 Å². The lowest BCUT2D eigenvalue weighted by atomic mass is 10.2. The van der Waals surface area contributed by atoms with Crippen LogP contribution in [0.3, 0.4) is 0 Å². The molecule has 632 valence electrons. The van der Waals surface area contributed by atoms with Crippen LogP contribution in [0, 0.1) is 25.9 Å². The average Bonchev–Trinajstić information content (AvgIpc) is 1.61. The zero-order valence-electron chi connectivity index (χ0n) is 69.6. The summed E-state index contributed by atoms with van der Waals surface area (Å²) in [7, 11) is 3.91. The second-order valence-corrected chi connectivity index (χ2v) is 42.8. The van der Waals surface area contributed by atoms with Crippen LogP contribution >= 0.6 is 132 Å². The Balaban J connectivity index is 0.000000116. The molecule has 0 spiro atoms. The summed E-state index contributed by atoms with van der Waals surface area (Å²) in [4.78, 5) is 4.55. The van der Waals surface area contributed by atoms with Crippen LogP contribution in [0.25, 0.3) is 100 Å². The first-order valence-electron chi connectivity index (χ1n) is 41.2. The number of methoxy groups -OCH3 is 3. The fourth-order valence-electron chi connectivity index (χ4n) is 15.8. The Morgan fingerprint density at radius 1 is 0.219 bits per heavy atom. The normalized spacial score (nSPS) is 11.2. The minimum absolute atomic E-state index is 0.0886. The summed E-state index contributed by atoms with van der Waals surface area (Å²) < 4.78 is 91.2. The summed E-state index contributed by atoms with van der Waals surface area (Å²) in [6.45, 7) is 2.16. The monoisotopic (exact) mass is 2200 g/mol. The summed E-state index contributed by atoms with van der Waals surface area (Å²) in [5.41, 5.74) is 5.31. The van der Waals surface area contributed by atoms with Crippen LogP contribution in [0.5, 0.6) is 46.0 Å². The molecule has 4 aromatic heterocycles. The Hall–Kier alpha value is -11.2. The number of halogens is 6.